The molecule has 0 spiro atoms. The number of rotatable bonds is 4. The van der Waals surface area contributed by atoms with Gasteiger partial charge in [0.25, 0.3) is 0 Å². The molecule has 0 fully saturated rings. The molecule has 1 amide bonds. The van der Waals surface area contributed by atoms with Crippen molar-refractivity contribution in [3.63, 3.8) is 0 Å². The molecule has 4 rings (SSSR count). The van der Waals surface area contributed by atoms with Crippen LogP contribution < -0.4 is 9.80 Å². The summed E-state index contributed by atoms with van der Waals surface area (Å²) in [7, 11) is 1.73. The predicted molar refractivity (Wildman–Crippen MR) is 118 cm³/mol. The molecule has 158 valence electrons. The lowest BCUT2D eigenvalue weighted by Gasteiger charge is -2.42. The molecule has 2 aromatic heterocycles. The lowest BCUT2D eigenvalue weighted by Crippen LogP contribution is -2.54. The fourth-order valence-corrected chi connectivity index (χ4v) is 4.64. The molecule has 0 saturated carbocycles. The minimum atomic E-state index is -0.350. The van der Waals surface area contributed by atoms with Gasteiger partial charge in [0.2, 0.25) is 5.91 Å². The van der Waals surface area contributed by atoms with E-state index in [-0.39, 0.29) is 28.8 Å². The summed E-state index contributed by atoms with van der Waals surface area (Å²) in [6.45, 7) is 6.03. The second kappa shape index (κ2) is 8.04. The highest BCUT2D eigenvalue weighted by molar-refractivity contribution is 7.16. The molecule has 7 nitrogen and oxygen atoms in total. The van der Waals surface area contributed by atoms with Crippen molar-refractivity contribution < 1.29 is 9.18 Å². The van der Waals surface area contributed by atoms with Crippen LogP contribution in [0.3, 0.4) is 0 Å². The van der Waals surface area contributed by atoms with Crippen LogP contribution in [0.4, 0.5) is 15.9 Å². The van der Waals surface area contributed by atoms with Gasteiger partial charge in [-0.15, -0.1) is 0 Å². The molecule has 1 aliphatic rings. The maximum Gasteiger partial charge on any atom is 0.249 e. The number of halogens is 1. The zero-order chi connectivity index (χ0) is 22.3. The zero-order valence-electron chi connectivity index (χ0n) is 17.6. The summed E-state index contributed by atoms with van der Waals surface area (Å²) in [5, 5.41) is 9.67. The minimum Gasteiger partial charge on any atom is -0.340 e. The topological polar surface area (TPSA) is 86.0 Å². The van der Waals surface area contributed by atoms with Crippen LogP contribution in [-0.4, -0.2) is 40.0 Å². The quantitative estimate of drug-likeness (QED) is 0.608. The maximum atomic E-state index is 13.4. The molecule has 31 heavy (non-hydrogen) atoms. The first-order valence-corrected chi connectivity index (χ1v) is 10.8. The third-order valence-corrected chi connectivity index (χ3v) is 6.25. The Morgan fingerprint density at radius 3 is 2.58 bits per heavy atom. The standard InChI is InChI=1S/C22H21FN6OS/c1-5-15-22(30)28(4)16-11-25-20(27-21(16)29(15)12(2)3)19-18(26-17(10-24)31-19)13-6-8-14(23)9-7-13/h6-9,11-12,15H,5H2,1-4H3/t15-/m1/s1. The number of likely N-dealkylation sites (N-methyl/N-ethyl adjacent to an activating group) is 1. The van der Waals surface area contributed by atoms with E-state index in [1.54, 1.807) is 30.3 Å². The third-order valence-electron chi connectivity index (χ3n) is 5.29. The molecule has 1 aliphatic heterocycles. The maximum absolute atomic E-state index is 13.4. The minimum absolute atomic E-state index is 0.0107. The van der Waals surface area contributed by atoms with Crippen LogP contribution in [-0.2, 0) is 4.79 Å². The van der Waals surface area contributed by atoms with Crippen LogP contribution in [0.2, 0.25) is 0 Å². The highest BCUT2D eigenvalue weighted by Crippen LogP contribution is 2.40. The molecular formula is C22H21FN6OS. The Morgan fingerprint density at radius 2 is 1.97 bits per heavy atom. The number of carbonyl (C=O) groups excluding carboxylic acids is 1. The average Bonchev–Trinajstić information content (AvgIpc) is 3.20. The SMILES string of the molecule is CC[C@@H]1C(=O)N(C)c2cnc(-c3sc(C#N)nc3-c3ccc(F)cc3)nc2N1C(C)C. The van der Waals surface area contributed by atoms with Crippen LogP contribution in [0.5, 0.6) is 0 Å². The summed E-state index contributed by atoms with van der Waals surface area (Å²) in [5.41, 5.74) is 1.85. The first-order chi connectivity index (χ1) is 14.8. The Labute approximate surface area is 183 Å². The normalized spacial score (nSPS) is 15.9. The van der Waals surface area contributed by atoms with Gasteiger partial charge in [0.05, 0.1) is 11.9 Å². The lowest BCUT2D eigenvalue weighted by molar-refractivity contribution is -0.120. The highest BCUT2D eigenvalue weighted by Gasteiger charge is 2.38. The van der Waals surface area contributed by atoms with Crippen molar-refractivity contribution in [3.05, 3.63) is 41.3 Å². The molecule has 0 unspecified atom stereocenters. The van der Waals surface area contributed by atoms with Gasteiger partial charge >= 0.3 is 0 Å². The van der Waals surface area contributed by atoms with Crippen molar-refractivity contribution in [2.24, 2.45) is 0 Å². The molecule has 0 bridgehead atoms. The van der Waals surface area contributed by atoms with Crippen molar-refractivity contribution in [2.45, 2.75) is 39.3 Å². The molecular weight excluding hydrogens is 415 g/mol. The second-order valence-electron chi connectivity index (χ2n) is 7.54. The van der Waals surface area contributed by atoms with Crippen molar-refractivity contribution in [3.8, 4) is 28.0 Å². The summed E-state index contributed by atoms with van der Waals surface area (Å²) in [5.74, 6) is 0.750. The fraction of sp³-hybridized carbons (Fsp3) is 0.318. The largest absolute Gasteiger partial charge is 0.340 e. The smallest absolute Gasteiger partial charge is 0.249 e. The number of hydrogen-bond acceptors (Lipinski definition) is 7. The number of amides is 1. The first-order valence-electron chi connectivity index (χ1n) is 9.95. The number of benzene rings is 1. The van der Waals surface area contributed by atoms with Crippen molar-refractivity contribution in [1.29, 1.82) is 5.26 Å². The first kappa shape index (κ1) is 20.9. The highest BCUT2D eigenvalue weighted by atomic mass is 32.1. The molecule has 3 aromatic rings. The molecule has 1 atom stereocenters. The average molecular weight is 437 g/mol. The summed E-state index contributed by atoms with van der Waals surface area (Å²) >= 11 is 1.19. The van der Waals surface area contributed by atoms with Gasteiger partial charge in [-0.3, -0.25) is 4.79 Å². The lowest BCUT2D eigenvalue weighted by atomic mass is 10.1. The number of hydrogen-bond donors (Lipinski definition) is 0. The van der Waals surface area contributed by atoms with E-state index in [0.717, 1.165) is 0 Å². The van der Waals surface area contributed by atoms with Crippen LogP contribution in [0.25, 0.3) is 22.0 Å². The van der Waals surface area contributed by atoms with Gasteiger partial charge in [-0.1, -0.05) is 18.3 Å². The molecule has 1 aromatic carbocycles. The number of fused-ring (bicyclic) bond motifs is 1. The van der Waals surface area contributed by atoms with Crippen LogP contribution in [0.1, 0.15) is 32.2 Å². The van der Waals surface area contributed by atoms with Gasteiger partial charge < -0.3 is 9.80 Å². The van der Waals surface area contributed by atoms with Gasteiger partial charge in [-0.2, -0.15) is 5.26 Å². The third kappa shape index (κ3) is 3.53. The zero-order valence-corrected chi connectivity index (χ0v) is 18.4. The molecule has 3 heterocycles. The fourth-order valence-electron chi connectivity index (χ4n) is 3.81. The number of thiazole rings is 1. The number of nitrogens with zero attached hydrogens (tertiary/aromatic N) is 6. The summed E-state index contributed by atoms with van der Waals surface area (Å²) in [6, 6.07) is 7.75. The van der Waals surface area contributed by atoms with E-state index < -0.39 is 0 Å². The van der Waals surface area contributed by atoms with E-state index >= 15 is 0 Å². The van der Waals surface area contributed by atoms with Gasteiger partial charge in [0.1, 0.15) is 28.5 Å². The monoisotopic (exact) mass is 436 g/mol. The van der Waals surface area contributed by atoms with Gasteiger partial charge in [-0.25, -0.2) is 19.3 Å². The number of aromatic nitrogens is 3. The molecule has 0 N–H and O–H groups in total. The van der Waals surface area contributed by atoms with Gasteiger partial charge in [-0.05, 0) is 44.5 Å². The van der Waals surface area contributed by atoms with Crippen molar-refractivity contribution in [1.82, 2.24) is 15.0 Å². The van der Waals surface area contributed by atoms with Gasteiger partial charge in [0.15, 0.2) is 16.6 Å². The van der Waals surface area contributed by atoms with E-state index in [1.807, 2.05) is 25.7 Å². The van der Waals surface area contributed by atoms with Crippen molar-refractivity contribution in [2.75, 3.05) is 16.8 Å². The Kier molecular flexibility index (Phi) is 5.41. The van der Waals surface area contributed by atoms with Crippen LogP contribution >= 0.6 is 11.3 Å². The Balaban J connectivity index is 1.89. The predicted octanol–water partition coefficient (Wildman–Crippen LogP) is 4.25. The van der Waals surface area contributed by atoms with Crippen LogP contribution in [0.15, 0.2) is 30.5 Å². The number of carbonyl (C=O) groups is 1. The molecule has 9 heteroatoms. The molecule has 0 aliphatic carbocycles. The molecule has 0 saturated heterocycles. The van der Waals surface area contributed by atoms with Crippen molar-refractivity contribution >= 4 is 28.7 Å². The van der Waals surface area contributed by atoms with E-state index in [1.165, 1.54) is 23.5 Å². The summed E-state index contributed by atoms with van der Waals surface area (Å²) in [4.78, 5) is 30.8. The number of anilines is 2. The summed E-state index contributed by atoms with van der Waals surface area (Å²) < 4.78 is 13.4. The Morgan fingerprint density at radius 1 is 1.26 bits per heavy atom. The van der Waals surface area contributed by atoms with E-state index in [4.69, 9.17) is 4.98 Å². The van der Waals surface area contributed by atoms with E-state index in [9.17, 15) is 14.4 Å². The van der Waals surface area contributed by atoms with E-state index in [2.05, 4.69) is 16.0 Å². The Bertz CT molecular complexity index is 1180. The van der Waals surface area contributed by atoms with Crippen LogP contribution in [0, 0.1) is 17.1 Å². The van der Waals surface area contributed by atoms with E-state index in [0.29, 0.717) is 39.9 Å². The molecule has 0 radical (unpaired) electrons. The Hall–Kier alpha value is -3.38. The second-order valence-corrected chi connectivity index (χ2v) is 8.54. The van der Waals surface area contributed by atoms with Gasteiger partial charge in [0, 0.05) is 18.7 Å². The summed E-state index contributed by atoms with van der Waals surface area (Å²) in [6.07, 6.45) is 2.29. The number of nitriles is 1.